The van der Waals surface area contributed by atoms with Crippen molar-refractivity contribution in [3.63, 3.8) is 0 Å². The van der Waals surface area contributed by atoms with Crippen molar-refractivity contribution in [2.24, 2.45) is 0 Å². The molecule has 0 saturated carbocycles. The van der Waals surface area contributed by atoms with Crippen LogP contribution in [-0.2, 0) is 6.42 Å². The van der Waals surface area contributed by atoms with E-state index in [4.69, 9.17) is 0 Å². The van der Waals surface area contributed by atoms with E-state index in [2.05, 4.69) is 35.6 Å². The molecule has 2 rings (SSSR count). The van der Waals surface area contributed by atoms with Crippen molar-refractivity contribution in [1.29, 1.82) is 0 Å². The van der Waals surface area contributed by atoms with E-state index in [1.807, 2.05) is 11.8 Å². The molecule has 0 aliphatic carbocycles. The average molecular weight is 193 g/mol. The van der Waals surface area contributed by atoms with Crippen molar-refractivity contribution in [2.75, 3.05) is 18.1 Å². The Balaban J connectivity index is 1.67. The Kier molecular flexibility index (Phi) is 3.27. The number of hydrogen-bond acceptors (Lipinski definition) is 2. The predicted molar refractivity (Wildman–Crippen MR) is 59.3 cm³/mol. The zero-order valence-electron chi connectivity index (χ0n) is 7.70. The van der Waals surface area contributed by atoms with Crippen LogP contribution in [0, 0.1) is 0 Å². The van der Waals surface area contributed by atoms with Crippen LogP contribution in [-0.4, -0.2) is 24.1 Å². The lowest BCUT2D eigenvalue weighted by Gasteiger charge is -2.25. The van der Waals surface area contributed by atoms with Gasteiger partial charge >= 0.3 is 0 Å². The molecule has 0 aromatic heterocycles. The van der Waals surface area contributed by atoms with Gasteiger partial charge in [0.15, 0.2) is 0 Å². The Morgan fingerprint density at radius 1 is 1.23 bits per heavy atom. The van der Waals surface area contributed by atoms with E-state index < -0.39 is 0 Å². The molecule has 0 atom stereocenters. The van der Waals surface area contributed by atoms with Gasteiger partial charge in [0.25, 0.3) is 0 Å². The van der Waals surface area contributed by atoms with Crippen LogP contribution in [0.5, 0.6) is 0 Å². The van der Waals surface area contributed by atoms with E-state index in [0.717, 1.165) is 19.0 Å². The third kappa shape index (κ3) is 2.75. The topological polar surface area (TPSA) is 12.0 Å². The monoisotopic (exact) mass is 193 g/mol. The maximum Gasteiger partial charge on any atom is 0.0248 e. The summed E-state index contributed by atoms with van der Waals surface area (Å²) in [5, 5.41) is 3.55. The Morgan fingerprint density at radius 2 is 2.00 bits per heavy atom. The largest absolute Gasteiger partial charge is 0.312 e. The van der Waals surface area contributed by atoms with Crippen LogP contribution < -0.4 is 5.32 Å². The highest BCUT2D eigenvalue weighted by Gasteiger charge is 2.16. The summed E-state index contributed by atoms with van der Waals surface area (Å²) in [5.74, 6) is 2.60. The second kappa shape index (κ2) is 4.68. The fourth-order valence-electron chi connectivity index (χ4n) is 1.42. The van der Waals surface area contributed by atoms with Crippen molar-refractivity contribution in [1.82, 2.24) is 5.32 Å². The Morgan fingerprint density at radius 3 is 2.62 bits per heavy atom. The zero-order chi connectivity index (χ0) is 8.93. The second-order valence-corrected chi connectivity index (χ2v) is 4.50. The van der Waals surface area contributed by atoms with Crippen molar-refractivity contribution in [3.05, 3.63) is 35.9 Å². The van der Waals surface area contributed by atoms with Crippen molar-refractivity contribution >= 4 is 11.8 Å². The summed E-state index contributed by atoms with van der Waals surface area (Å²) in [6.07, 6.45) is 1.15. The Bertz CT molecular complexity index is 244. The van der Waals surface area contributed by atoms with Crippen LogP contribution in [0.3, 0.4) is 0 Å². The molecule has 0 bridgehead atoms. The van der Waals surface area contributed by atoms with Gasteiger partial charge in [0.2, 0.25) is 0 Å². The van der Waals surface area contributed by atoms with Gasteiger partial charge in [-0.3, -0.25) is 0 Å². The molecule has 70 valence electrons. The van der Waals surface area contributed by atoms with E-state index in [-0.39, 0.29) is 0 Å². The molecule has 1 nitrogen and oxygen atoms in total. The van der Waals surface area contributed by atoms with E-state index in [1.165, 1.54) is 17.1 Å². The van der Waals surface area contributed by atoms with E-state index in [9.17, 15) is 0 Å². The quantitative estimate of drug-likeness (QED) is 0.784. The molecule has 1 N–H and O–H groups in total. The third-order valence-electron chi connectivity index (χ3n) is 2.33. The molecule has 1 aliphatic heterocycles. The summed E-state index contributed by atoms with van der Waals surface area (Å²) in [6, 6.07) is 11.4. The van der Waals surface area contributed by atoms with Gasteiger partial charge in [0.05, 0.1) is 0 Å². The molecule has 2 heteroatoms. The molecular formula is C11H15NS. The fourth-order valence-corrected chi connectivity index (χ4v) is 2.13. The zero-order valence-corrected chi connectivity index (χ0v) is 8.52. The van der Waals surface area contributed by atoms with Crippen molar-refractivity contribution in [2.45, 2.75) is 12.5 Å². The Labute approximate surface area is 83.9 Å². The highest BCUT2D eigenvalue weighted by molar-refractivity contribution is 8.00. The molecule has 13 heavy (non-hydrogen) atoms. The van der Waals surface area contributed by atoms with Gasteiger partial charge in [-0.05, 0) is 18.5 Å². The normalized spacial score (nSPS) is 16.9. The van der Waals surface area contributed by atoms with Gasteiger partial charge in [-0.15, -0.1) is 0 Å². The fraction of sp³-hybridized carbons (Fsp3) is 0.455. The van der Waals surface area contributed by atoms with Crippen LogP contribution in [0.1, 0.15) is 5.56 Å². The first-order valence-corrected chi connectivity index (χ1v) is 5.96. The van der Waals surface area contributed by atoms with Crippen molar-refractivity contribution < 1.29 is 0 Å². The smallest absolute Gasteiger partial charge is 0.0248 e. The molecular weight excluding hydrogens is 178 g/mol. The van der Waals surface area contributed by atoms with Crippen LogP contribution in [0.15, 0.2) is 30.3 Å². The minimum Gasteiger partial charge on any atom is -0.312 e. The lowest BCUT2D eigenvalue weighted by atomic mass is 10.1. The summed E-state index contributed by atoms with van der Waals surface area (Å²) in [6.45, 7) is 1.12. The van der Waals surface area contributed by atoms with E-state index in [0.29, 0.717) is 0 Å². The first-order valence-electron chi connectivity index (χ1n) is 4.80. The molecule has 0 amide bonds. The molecule has 0 unspecified atom stereocenters. The molecule has 1 fully saturated rings. The Hall–Kier alpha value is -0.470. The maximum absolute atomic E-state index is 3.55. The minimum atomic E-state index is 0.786. The molecule has 1 aromatic carbocycles. The number of hydrogen-bond donors (Lipinski definition) is 1. The molecule has 1 aliphatic rings. The maximum atomic E-state index is 3.55. The highest BCUT2D eigenvalue weighted by Crippen LogP contribution is 2.16. The van der Waals surface area contributed by atoms with Gasteiger partial charge < -0.3 is 5.32 Å². The molecule has 1 aromatic rings. The molecule has 0 radical (unpaired) electrons. The van der Waals surface area contributed by atoms with Crippen LogP contribution >= 0.6 is 11.8 Å². The van der Waals surface area contributed by atoms with Crippen molar-refractivity contribution in [3.8, 4) is 0 Å². The summed E-state index contributed by atoms with van der Waals surface area (Å²) < 4.78 is 0. The van der Waals surface area contributed by atoms with Gasteiger partial charge in [-0.25, -0.2) is 0 Å². The van der Waals surface area contributed by atoms with Gasteiger partial charge in [0, 0.05) is 17.5 Å². The number of thioether (sulfide) groups is 1. The van der Waals surface area contributed by atoms with E-state index in [1.54, 1.807) is 0 Å². The predicted octanol–water partition coefficient (Wildman–Crippen LogP) is 1.93. The first kappa shape index (κ1) is 9.10. The van der Waals surface area contributed by atoms with Crippen LogP contribution in [0.25, 0.3) is 0 Å². The van der Waals surface area contributed by atoms with Gasteiger partial charge in [-0.1, -0.05) is 30.3 Å². The highest BCUT2D eigenvalue weighted by atomic mass is 32.2. The summed E-state index contributed by atoms with van der Waals surface area (Å²) in [7, 11) is 0. The van der Waals surface area contributed by atoms with Gasteiger partial charge in [0.1, 0.15) is 0 Å². The summed E-state index contributed by atoms with van der Waals surface area (Å²) in [5.41, 5.74) is 1.43. The average Bonchev–Trinajstić information content (AvgIpc) is 2.11. The van der Waals surface area contributed by atoms with Crippen LogP contribution in [0.2, 0.25) is 0 Å². The lowest BCUT2D eigenvalue weighted by molar-refractivity contribution is 0.585. The summed E-state index contributed by atoms with van der Waals surface area (Å²) in [4.78, 5) is 0. The number of nitrogens with one attached hydrogen (secondary N) is 1. The second-order valence-electron chi connectivity index (χ2n) is 3.42. The summed E-state index contributed by atoms with van der Waals surface area (Å²) >= 11 is 2.03. The third-order valence-corrected chi connectivity index (χ3v) is 3.60. The number of benzene rings is 1. The van der Waals surface area contributed by atoms with E-state index >= 15 is 0 Å². The first-order chi connectivity index (χ1) is 6.45. The molecule has 1 saturated heterocycles. The SMILES string of the molecule is c1ccc(CCNC2CSC2)cc1. The van der Waals surface area contributed by atoms with Gasteiger partial charge in [-0.2, -0.15) is 11.8 Å². The lowest BCUT2D eigenvalue weighted by Crippen LogP contribution is -2.41. The van der Waals surface area contributed by atoms with Crippen LogP contribution in [0.4, 0.5) is 0 Å². The molecule has 0 spiro atoms. The minimum absolute atomic E-state index is 0.786. The standard InChI is InChI=1S/C11H15NS/c1-2-4-10(5-3-1)6-7-12-11-8-13-9-11/h1-5,11-12H,6-9H2. The number of rotatable bonds is 4. The molecule has 1 heterocycles.